The molecule has 0 aliphatic carbocycles. The van der Waals surface area contributed by atoms with Crippen molar-refractivity contribution in [3.63, 3.8) is 0 Å². The lowest BCUT2D eigenvalue weighted by Crippen LogP contribution is -1.93. The van der Waals surface area contributed by atoms with Crippen molar-refractivity contribution in [2.75, 3.05) is 0 Å². The second-order valence-corrected chi connectivity index (χ2v) is 11.3. The predicted molar refractivity (Wildman–Crippen MR) is 190 cm³/mol. The van der Waals surface area contributed by atoms with Crippen molar-refractivity contribution in [3.05, 3.63) is 170 Å². The Morgan fingerprint density at radius 1 is 0.378 bits per heavy atom. The summed E-state index contributed by atoms with van der Waals surface area (Å²) < 4.78 is 49.5. The van der Waals surface area contributed by atoms with E-state index in [1.165, 1.54) is 0 Å². The Balaban J connectivity index is 1.43. The Kier molecular flexibility index (Phi) is 4.81. The smallest absolute Gasteiger partial charge is 0.143 e. The van der Waals surface area contributed by atoms with Crippen molar-refractivity contribution in [2.45, 2.75) is 0 Å². The second kappa shape index (κ2) is 10.4. The summed E-state index contributed by atoms with van der Waals surface area (Å²) in [6, 6.07) is 45.9. The van der Waals surface area contributed by atoms with Gasteiger partial charge in [0.15, 0.2) is 0 Å². The van der Waals surface area contributed by atoms with E-state index in [2.05, 4.69) is 103 Å². The number of rotatable bonds is 4. The van der Waals surface area contributed by atoms with E-state index in [0.717, 1.165) is 65.7 Å². The van der Waals surface area contributed by atoms with E-state index in [1.54, 1.807) is 0 Å². The Bertz CT molecular complexity index is 2730. The molecule has 8 aromatic carbocycles. The molecule has 9 rings (SSSR count). The standard InChI is InChI=1S/C44H28O/c1-3-15-29(16-4-1)32-19-7-8-21-34(32)43-37-24-11-9-22-35(37)42(36-23-10-12-25-38(36)43)31-27-39(30-17-5-2-6-18-30)44-40(28-31)33-20-13-14-26-41(33)45-44/h1-28H/i2D,5D,6D,17D,18D. The summed E-state index contributed by atoms with van der Waals surface area (Å²) in [5.41, 5.74) is 8.13. The van der Waals surface area contributed by atoms with Gasteiger partial charge in [0.1, 0.15) is 11.2 Å². The van der Waals surface area contributed by atoms with Crippen LogP contribution in [0, 0.1) is 0 Å². The number of benzene rings is 8. The van der Waals surface area contributed by atoms with Crippen LogP contribution in [0.3, 0.4) is 0 Å². The van der Waals surface area contributed by atoms with Crippen LogP contribution >= 0.6 is 0 Å². The highest BCUT2D eigenvalue weighted by molar-refractivity contribution is 6.23. The zero-order chi connectivity index (χ0) is 34.1. The molecule has 0 spiro atoms. The van der Waals surface area contributed by atoms with Gasteiger partial charge in [0.05, 0.1) is 6.85 Å². The third-order valence-electron chi connectivity index (χ3n) is 8.75. The van der Waals surface area contributed by atoms with Gasteiger partial charge in [-0.25, -0.2) is 0 Å². The van der Waals surface area contributed by atoms with Crippen LogP contribution in [0.25, 0.3) is 88.0 Å². The quantitative estimate of drug-likeness (QED) is 0.190. The summed E-state index contributed by atoms with van der Waals surface area (Å²) in [4.78, 5) is 0. The topological polar surface area (TPSA) is 13.1 Å². The number of hydrogen-bond acceptors (Lipinski definition) is 1. The molecule has 0 saturated heterocycles. The molecule has 0 bridgehead atoms. The van der Waals surface area contributed by atoms with E-state index in [4.69, 9.17) is 11.3 Å². The number of hydrogen-bond donors (Lipinski definition) is 0. The summed E-state index contributed by atoms with van der Waals surface area (Å²) in [5, 5.41) is 5.97. The van der Waals surface area contributed by atoms with Crippen molar-refractivity contribution in [3.8, 4) is 44.5 Å². The Hall–Kier alpha value is -5.92. The van der Waals surface area contributed by atoms with E-state index in [9.17, 15) is 0 Å². The first-order valence-corrected chi connectivity index (χ1v) is 15.0. The molecule has 1 aromatic heterocycles. The maximum Gasteiger partial charge on any atom is 0.143 e. The van der Waals surface area contributed by atoms with Crippen LogP contribution in [0.15, 0.2) is 174 Å². The predicted octanol–water partition coefficient (Wildman–Crippen LogP) is 12.6. The lowest BCUT2D eigenvalue weighted by Gasteiger charge is -2.20. The van der Waals surface area contributed by atoms with Gasteiger partial charge < -0.3 is 4.42 Å². The molecule has 0 saturated carbocycles. The fourth-order valence-corrected chi connectivity index (χ4v) is 6.84. The molecule has 1 nitrogen and oxygen atoms in total. The first-order chi connectivity index (χ1) is 24.4. The highest BCUT2D eigenvalue weighted by Gasteiger charge is 2.21. The van der Waals surface area contributed by atoms with E-state index >= 15 is 0 Å². The number of furan rings is 1. The van der Waals surface area contributed by atoms with Crippen molar-refractivity contribution in [1.29, 1.82) is 0 Å². The molecule has 210 valence electrons. The van der Waals surface area contributed by atoms with Gasteiger partial charge >= 0.3 is 0 Å². The molecule has 1 heterocycles. The van der Waals surface area contributed by atoms with Crippen molar-refractivity contribution in [2.24, 2.45) is 0 Å². The molecule has 1 heteroatoms. The average molecular weight is 578 g/mol. The minimum Gasteiger partial charge on any atom is -0.455 e. The average Bonchev–Trinajstić information content (AvgIpc) is 3.54. The Labute approximate surface area is 268 Å². The normalized spacial score (nSPS) is 13.1. The highest BCUT2D eigenvalue weighted by atomic mass is 16.3. The first-order valence-electron chi connectivity index (χ1n) is 17.5. The molecule has 0 amide bonds. The summed E-state index contributed by atoms with van der Waals surface area (Å²) in [5.74, 6) is 0. The molecule has 0 aliphatic rings. The van der Waals surface area contributed by atoms with E-state index in [1.807, 2.05) is 36.4 Å². The van der Waals surface area contributed by atoms with Crippen LogP contribution in [0.4, 0.5) is 0 Å². The van der Waals surface area contributed by atoms with Crippen LogP contribution in [0.1, 0.15) is 6.85 Å². The largest absolute Gasteiger partial charge is 0.455 e. The van der Waals surface area contributed by atoms with Gasteiger partial charge in [-0.2, -0.15) is 0 Å². The molecule has 45 heavy (non-hydrogen) atoms. The summed E-state index contributed by atoms with van der Waals surface area (Å²) in [7, 11) is 0. The number of para-hydroxylation sites is 1. The molecular formula is C44H28O. The number of fused-ring (bicyclic) bond motifs is 5. The van der Waals surface area contributed by atoms with Crippen molar-refractivity contribution >= 4 is 43.5 Å². The van der Waals surface area contributed by atoms with Gasteiger partial charge in [-0.1, -0.05) is 152 Å². The monoisotopic (exact) mass is 577 g/mol. The van der Waals surface area contributed by atoms with Crippen molar-refractivity contribution < 1.29 is 11.3 Å². The van der Waals surface area contributed by atoms with E-state index < -0.39 is 6.04 Å². The lowest BCUT2D eigenvalue weighted by atomic mass is 9.83. The van der Waals surface area contributed by atoms with Gasteiger partial charge in [0.2, 0.25) is 0 Å². The molecule has 0 fully saturated rings. The minimum atomic E-state index is -0.427. The molecular weight excluding hydrogens is 544 g/mol. The van der Waals surface area contributed by atoms with Crippen LogP contribution in [-0.4, -0.2) is 0 Å². The van der Waals surface area contributed by atoms with Crippen LogP contribution < -0.4 is 0 Å². The molecule has 0 N–H and O–H groups in total. The Morgan fingerprint density at radius 2 is 0.933 bits per heavy atom. The maximum atomic E-state index is 8.92. The Morgan fingerprint density at radius 3 is 1.62 bits per heavy atom. The van der Waals surface area contributed by atoms with Crippen LogP contribution in [0.5, 0.6) is 0 Å². The van der Waals surface area contributed by atoms with E-state index in [0.29, 0.717) is 16.7 Å². The lowest BCUT2D eigenvalue weighted by molar-refractivity contribution is 0.670. The zero-order valence-corrected chi connectivity index (χ0v) is 24.2. The summed E-state index contributed by atoms with van der Waals surface area (Å²) in [6.45, 7) is 0. The van der Waals surface area contributed by atoms with Gasteiger partial charge in [0.25, 0.3) is 0 Å². The van der Waals surface area contributed by atoms with Gasteiger partial charge in [0, 0.05) is 16.3 Å². The minimum absolute atomic E-state index is 0.115. The maximum absolute atomic E-state index is 8.92. The second-order valence-electron chi connectivity index (χ2n) is 11.3. The molecule has 0 atom stereocenters. The van der Waals surface area contributed by atoms with Crippen LogP contribution in [-0.2, 0) is 0 Å². The highest BCUT2D eigenvalue weighted by Crippen LogP contribution is 2.48. The zero-order valence-electron chi connectivity index (χ0n) is 29.2. The van der Waals surface area contributed by atoms with Gasteiger partial charge in [-0.05, 0) is 78.7 Å². The first kappa shape index (κ1) is 20.9. The third-order valence-corrected chi connectivity index (χ3v) is 8.75. The van der Waals surface area contributed by atoms with Crippen LogP contribution in [0.2, 0.25) is 0 Å². The third kappa shape index (κ3) is 4.09. The molecule has 0 unspecified atom stereocenters. The summed E-state index contributed by atoms with van der Waals surface area (Å²) >= 11 is 0. The SMILES string of the molecule is [2H]c1c([2H])c([2H])c(-c2cc(-c3c4ccccc4c(-c4ccccc4-c4ccccc4)c4ccccc34)cc3c2oc2ccccc23)c([2H])c1[2H]. The summed E-state index contributed by atoms with van der Waals surface area (Å²) in [6.07, 6.45) is 0. The fourth-order valence-electron chi connectivity index (χ4n) is 6.84. The van der Waals surface area contributed by atoms with Gasteiger partial charge in [-0.3, -0.25) is 0 Å². The molecule has 9 aromatic rings. The fraction of sp³-hybridized carbons (Fsp3) is 0. The van der Waals surface area contributed by atoms with E-state index in [-0.39, 0.29) is 29.7 Å². The van der Waals surface area contributed by atoms with Gasteiger partial charge in [-0.15, -0.1) is 0 Å². The van der Waals surface area contributed by atoms with Crippen molar-refractivity contribution in [1.82, 2.24) is 0 Å². The molecule has 0 radical (unpaired) electrons. The molecule has 0 aliphatic heterocycles.